The molecule has 2 aromatic rings. The quantitative estimate of drug-likeness (QED) is 0.857. The van der Waals surface area contributed by atoms with E-state index in [1.54, 1.807) is 25.2 Å². The third-order valence-electron chi connectivity index (χ3n) is 4.22. The molecule has 0 aliphatic carbocycles. The van der Waals surface area contributed by atoms with Gasteiger partial charge < -0.3 is 14.3 Å². The molecule has 0 unspecified atom stereocenters. The summed E-state index contributed by atoms with van der Waals surface area (Å²) in [6, 6.07) is 3.61. The largest absolute Gasteiger partial charge is 0.347 e. The van der Waals surface area contributed by atoms with Gasteiger partial charge in [0.05, 0.1) is 0 Å². The lowest BCUT2D eigenvalue weighted by Gasteiger charge is -2.27. The summed E-state index contributed by atoms with van der Waals surface area (Å²) in [5.41, 5.74) is 0.822. The molecular weight excluding hydrogens is 306 g/mol. The highest BCUT2D eigenvalue weighted by Crippen LogP contribution is 2.28. The molecule has 1 fully saturated rings. The molecule has 1 amide bonds. The number of rotatable bonds is 4. The molecule has 2 aromatic heterocycles. The van der Waals surface area contributed by atoms with E-state index in [4.69, 9.17) is 4.52 Å². The van der Waals surface area contributed by atoms with E-state index in [-0.39, 0.29) is 17.9 Å². The predicted molar refractivity (Wildman–Crippen MR) is 90.7 cm³/mol. The van der Waals surface area contributed by atoms with Crippen molar-refractivity contribution in [3.63, 3.8) is 0 Å². The van der Waals surface area contributed by atoms with E-state index in [1.807, 2.05) is 26.0 Å². The topological polar surface area (TPSA) is 75.4 Å². The summed E-state index contributed by atoms with van der Waals surface area (Å²) < 4.78 is 5.36. The minimum atomic E-state index is -0.156. The number of pyridine rings is 1. The van der Waals surface area contributed by atoms with Crippen LogP contribution in [0.2, 0.25) is 0 Å². The zero-order valence-electron chi connectivity index (χ0n) is 14.6. The minimum Gasteiger partial charge on any atom is -0.347 e. The Morgan fingerprint density at radius 3 is 2.88 bits per heavy atom. The monoisotopic (exact) mass is 329 g/mol. The van der Waals surface area contributed by atoms with Crippen LogP contribution in [0.4, 0.5) is 5.82 Å². The highest BCUT2D eigenvalue weighted by Gasteiger charge is 2.32. The number of likely N-dealkylation sites (N-methyl/N-ethyl adjacent to an activating group) is 1. The molecule has 1 atom stereocenters. The first-order valence-electron chi connectivity index (χ1n) is 8.25. The molecule has 0 radical (unpaired) electrons. The molecule has 3 rings (SSSR count). The number of hydrogen-bond acceptors (Lipinski definition) is 6. The molecule has 0 spiro atoms. The van der Waals surface area contributed by atoms with E-state index in [1.165, 1.54) is 0 Å². The molecule has 0 N–H and O–H groups in total. The van der Waals surface area contributed by atoms with E-state index < -0.39 is 0 Å². The van der Waals surface area contributed by atoms with E-state index in [9.17, 15) is 4.79 Å². The summed E-state index contributed by atoms with van der Waals surface area (Å²) in [5, 5.41) is 4.00. The molecule has 7 nitrogen and oxygen atoms in total. The first kappa shape index (κ1) is 16.4. The maximum absolute atomic E-state index is 12.4. The molecule has 3 heterocycles. The summed E-state index contributed by atoms with van der Waals surface area (Å²) >= 11 is 0. The minimum absolute atomic E-state index is 0.111. The summed E-state index contributed by atoms with van der Waals surface area (Å²) in [6.07, 6.45) is 3.55. The van der Waals surface area contributed by atoms with Crippen molar-refractivity contribution in [2.45, 2.75) is 38.6 Å². The number of amides is 1. The van der Waals surface area contributed by atoms with Crippen LogP contribution in [0.1, 0.15) is 38.4 Å². The van der Waals surface area contributed by atoms with Gasteiger partial charge in [0.1, 0.15) is 11.9 Å². The standard InChI is InChI=1S/C17H23N5O2/c1-11(2)15-19-16(24-20-15)12-7-8-18-14(10-12)22-9-5-6-13(22)17(23)21(3)4/h7-8,10-11,13H,5-6,9H2,1-4H3/t13-/m0/s1. The Hall–Kier alpha value is -2.44. The van der Waals surface area contributed by atoms with Gasteiger partial charge in [-0.05, 0) is 25.0 Å². The van der Waals surface area contributed by atoms with Crippen molar-refractivity contribution in [2.24, 2.45) is 0 Å². The van der Waals surface area contributed by atoms with E-state index in [0.29, 0.717) is 11.7 Å². The molecular formula is C17H23N5O2. The van der Waals surface area contributed by atoms with Crippen LogP contribution in [0.5, 0.6) is 0 Å². The number of aromatic nitrogens is 3. The molecule has 1 aliphatic rings. The molecule has 0 saturated carbocycles. The van der Waals surface area contributed by atoms with Crippen LogP contribution >= 0.6 is 0 Å². The zero-order valence-corrected chi connectivity index (χ0v) is 14.6. The lowest BCUT2D eigenvalue weighted by atomic mass is 10.2. The zero-order chi connectivity index (χ0) is 17.3. The third-order valence-corrected chi connectivity index (χ3v) is 4.22. The average molecular weight is 329 g/mol. The summed E-state index contributed by atoms with van der Waals surface area (Å²) in [7, 11) is 3.57. The SMILES string of the molecule is CC(C)c1noc(-c2ccnc(N3CCC[C@H]3C(=O)N(C)C)c2)n1. The molecule has 7 heteroatoms. The van der Waals surface area contributed by atoms with Crippen molar-refractivity contribution in [3.8, 4) is 11.5 Å². The fourth-order valence-electron chi connectivity index (χ4n) is 2.89. The second-order valence-corrected chi connectivity index (χ2v) is 6.60. The van der Waals surface area contributed by atoms with Gasteiger partial charge in [-0.15, -0.1) is 0 Å². The summed E-state index contributed by atoms with van der Waals surface area (Å²) in [6.45, 7) is 4.87. The third kappa shape index (κ3) is 3.11. The van der Waals surface area contributed by atoms with Crippen LogP contribution in [-0.2, 0) is 4.79 Å². The van der Waals surface area contributed by atoms with Gasteiger partial charge in [0, 0.05) is 38.3 Å². The predicted octanol–water partition coefficient (Wildman–Crippen LogP) is 2.31. The van der Waals surface area contributed by atoms with Crippen molar-refractivity contribution >= 4 is 11.7 Å². The molecule has 128 valence electrons. The maximum atomic E-state index is 12.4. The van der Waals surface area contributed by atoms with Gasteiger partial charge in [-0.3, -0.25) is 4.79 Å². The smallest absolute Gasteiger partial charge is 0.258 e. The molecule has 1 saturated heterocycles. The van der Waals surface area contributed by atoms with Crippen LogP contribution in [-0.4, -0.2) is 52.6 Å². The number of carbonyl (C=O) groups excluding carboxylic acids is 1. The fraction of sp³-hybridized carbons (Fsp3) is 0.529. The number of nitrogens with zero attached hydrogens (tertiary/aromatic N) is 5. The highest BCUT2D eigenvalue weighted by molar-refractivity contribution is 5.85. The van der Waals surface area contributed by atoms with Crippen molar-refractivity contribution in [1.82, 2.24) is 20.0 Å². The number of carbonyl (C=O) groups is 1. The van der Waals surface area contributed by atoms with Gasteiger partial charge in [-0.25, -0.2) is 4.98 Å². The molecule has 1 aliphatic heterocycles. The Balaban J connectivity index is 1.88. The van der Waals surface area contributed by atoms with Gasteiger partial charge in [0.25, 0.3) is 5.89 Å². The van der Waals surface area contributed by atoms with Crippen LogP contribution in [0.25, 0.3) is 11.5 Å². The normalized spacial score (nSPS) is 17.5. The second-order valence-electron chi connectivity index (χ2n) is 6.60. The summed E-state index contributed by atoms with van der Waals surface area (Å²) in [4.78, 5) is 25.0. The van der Waals surface area contributed by atoms with Crippen LogP contribution in [0.3, 0.4) is 0 Å². The molecule has 0 aromatic carbocycles. The number of anilines is 1. The van der Waals surface area contributed by atoms with E-state index in [0.717, 1.165) is 30.8 Å². The van der Waals surface area contributed by atoms with Crippen molar-refractivity contribution in [3.05, 3.63) is 24.2 Å². The Labute approximate surface area is 141 Å². The van der Waals surface area contributed by atoms with Gasteiger partial charge >= 0.3 is 0 Å². The Bertz CT molecular complexity index is 725. The van der Waals surface area contributed by atoms with Gasteiger partial charge in [-0.2, -0.15) is 4.98 Å². The highest BCUT2D eigenvalue weighted by atomic mass is 16.5. The lowest BCUT2D eigenvalue weighted by Crippen LogP contribution is -2.43. The molecule has 0 bridgehead atoms. The van der Waals surface area contributed by atoms with Crippen molar-refractivity contribution < 1.29 is 9.32 Å². The first-order chi connectivity index (χ1) is 11.5. The van der Waals surface area contributed by atoms with Gasteiger partial charge in [-0.1, -0.05) is 19.0 Å². The van der Waals surface area contributed by atoms with Gasteiger partial charge in [0.2, 0.25) is 5.91 Å². The first-order valence-corrected chi connectivity index (χ1v) is 8.25. The molecule has 24 heavy (non-hydrogen) atoms. The number of hydrogen-bond donors (Lipinski definition) is 0. The van der Waals surface area contributed by atoms with Crippen LogP contribution < -0.4 is 4.90 Å². The van der Waals surface area contributed by atoms with E-state index >= 15 is 0 Å². The van der Waals surface area contributed by atoms with Crippen molar-refractivity contribution in [1.29, 1.82) is 0 Å². The fourth-order valence-corrected chi connectivity index (χ4v) is 2.89. The van der Waals surface area contributed by atoms with E-state index in [2.05, 4.69) is 20.0 Å². The maximum Gasteiger partial charge on any atom is 0.258 e. The Morgan fingerprint density at radius 1 is 1.42 bits per heavy atom. The average Bonchev–Trinajstić information content (AvgIpc) is 3.23. The Kier molecular flexibility index (Phi) is 4.51. The lowest BCUT2D eigenvalue weighted by molar-refractivity contribution is -0.129. The van der Waals surface area contributed by atoms with Crippen molar-refractivity contribution in [2.75, 3.05) is 25.5 Å². The summed E-state index contributed by atoms with van der Waals surface area (Å²) in [5.74, 6) is 2.26. The van der Waals surface area contributed by atoms with Crippen LogP contribution in [0.15, 0.2) is 22.9 Å². The Morgan fingerprint density at radius 2 is 2.21 bits per heavy atom. The second kappa shape index (κ2) is 6.59. The van der Waals surface area contributed by atoms with Gasteiger partial charge in [0.15, 0.2) is 5.82 Å². The van der Waals surface area contributed by atoms with Crippen LogP contribution in [0, 0.1) is 0 Å².